The van der Waals surface area contributed by atoms with Gasteiger partial charge in [-0.1, -0.05) is 33.6 Å². The average Bonchev–Trinajstić information content (AvgIpc) is 2.47. The van der Waals surface area contributed by atoms with Gasteiger partial charge in [-0.25, -0.2) is 0 Å². The molecule has 0 bridgehead atoms. The Morgan fingerprint density at radius 2 is 2.14 bits per heavy atom. The molecule has 1 aliphatic heterocycles. The van der Waals surface area contributed by atoms with Gasteiger partial charge in [0, 0.05) is 16.5 Å². The van der Waals surface area contributed by atoms with Crippen molar-refractivity contribution in [1.29, 1.82) is 0 Å². The average molecular weight is 370 g/mol. The standard InChI is InChI=1S/C16H14BrClO3/c1-20-14-4-2-3-11(18)16(14)15-8-12(19)10-7-9(17)5-6-13(10)21-15/h2-7,12,15,19H,8H2,1H3/t12-,15?/m0/s1. The number of ether oxygens (including phenoxy) is 2. The Hall–Kier alpha value is -1.23. The van der Waals surface area contributed by atoms with Gasteiger partial charge in [0.2, 0.25) is 0 Å². The molecule has 5 heteroatoms. The summed E-state index contributed by atoms with van der Waals surface area (Å²) in [6.07, 6.45) is -0.502. The normalized spacial score (nSPS) is 20.6. The molecule has 1 aliphatic rings. The van der Waals surface area contributed by atoms with Crippen molar-refractivity contribution < 1.29 is 14.6 Å². The molecule has 0 amide bonds. The second-order valence-electron chi connectivity index (χ2n) is 4.90. The van der Waals surface area contributed by atoms with Gasteiger partial charge in [-0.15, -0.1) is 0 Å². The predicted molar refractivity (Wildman–Crippen MR) is 85.1 cm³/mol. The Morgan fingerprint density at radius 3 is 2.90 bits per heavy atom. The molecule has 110 valence electrons. The second kappa shape index (κ2) is 5.87. The highest BCUT2D eigenvalue weighted by Crippen LogP contribution is 2.45. The van der Waals surface area contributed by atoms with Crippen LogP contribution in [-0.2, 0) is 0 Å². The molecule has 0 spiro atoms. The van der Waals surface area contributed by atoms with Crippen molar-refractivity contribution in [2.24, 2.45) is 0 Å². The van der Waals surface area contributed by atoms with E-state index in [0.717, 1.165) is 15.6 Å². The monoisotopic (exact) mass is 368 g/mol. The van der Waals surface area contributed by atoms with Crippen molar-refractivity contribution in [3.05, 3.63) is 57.0 Å². The fraction of sp³-hybridized carbons (Fsp3) is 0.250. The molecule has 1 unspecified atom stereocenters. The van der Waals surface area contributed by atoms with Crippen molar-refractivity contribution in [2.75, 3.05) is 7.11 Å². The van der Waals surface area contributed by atoms with Crippen LogP contribution >= 0.6 is 27.5 Å². The van der Waals surface area contributed by atoms with Crippen LogP contribution in [0, 0.1) is 0 Å². The first kappa shape index (κ1) is 14.7. The molecule has 2 atom stereocenters. The lowest BCUT2D eigenvalue weighted by atomic mass is 9.94. The maximum Gasteiger partial charge on any atom is 0.132 e. The number of aliphatic hydroxyl groups excluding tert-OH is 1. The van der Waals surface area contributed by atoms with Crippen molar-refractivity contribution in [3.63, 3.8) is 0 Å². The largest absolute Gasteiger partial charge is 0.496 e. The first-order valence-corrected chi connectivity index (χ1v) is 7.74. The lowest BCUT2D eigenvalue weighted by Crippen LogP contribution is -2.20. The zero-order valence-electron chi connectivity index (χ0n) is 11.3. The van der Waals surface area contributed by atoms with Crippen LogP contribution in [-0.4, -0.2) is 12.2 Å². The van der Waals surface area contributed by atoms with Crippen LogP contribution < -0.4 is 9.47 Å². The highest BCUT2D eigenvalue weighted by molar-refractivity contribution is 9.10. The smallest absolute Gasteiger partial charge is 0.132 e. The quantitative estimate of drug-likeness (QED) is 0.836. The molecule has 3 nitrogen and oxygen atoms in total. The van der Waals surface area contributed by atoms with Gasteiger partial charge in [0.25, 0.3) is 0 Å². The minimum Gasteiger partial charge on any atom is -0.496 e. The molecule has 0 fully saturated rings. The minimum absolute atomic E-state index is 0.336. The van der Waals surface area contributed by atoms with E-state index in [9.17, 15) is 5.11 Å². The van der Waals surface area contributed by atoms with Crippen molar-refractivity contribution >= 4 is 27.5 Å². The van der Waals surface area contributed by atoms with Crippen LogP contribution in [0.2, 0.25) is 5.02 Å². The van der Waals surface area contributed by atoms with Gasteiger partial charge in [-0.2, -0.15) is 0 Å². The molecule has 0 aliphatic carbocycles. The molecular formula is C16H14BrClO3. The van der Waals surface area contributed by atoms with Gasteiger partial charge >= 0.3 is 0 Å². The molecule has 2 aromatic rings. The Labute approximate surface area is 136 Å². The fourth-order valence-corrected chi connectivity index (χ4v) is 3.27. The number of halogens is 2. The number of hydrogen-bond acceptors (Lipinski definition) is 3. The van der Waals surface area contributed by atoms with E-state index in [-0.39, 0.29) is 6.10 Å². The third kappa shape index (κ3) is 2.76. The molecule has 21 heavy (non-hydrogen) atoms. The van der Waals surface area contributed by atoms with Gasteiger partial charge in [0.15, 0.2) is 0 Å². The highest BCUT2D eigenvalue weighted by atomic mass is 79.9. The summed E-state index contributed by atoms with van der Waals surface area (Å²) in [6.45, 7) is 0. The molecule has 0 aromatic heterocycles. The van der Waals surface area contributed by atoms with Gasteiger partial charge in [0.1, 0.15) is 17.6 Å². The van der Waals surface area contributed by atoms with Crippen LogP contribution in [0.1, 0.15) is 29.8 Å². The molecule has 1 heterocycles. The Bertz CT molecular complexity index is 675. The van der Waals surface area contributed by atoms with E-state index < -0.39 is 6.10 Å². The maximum atomic E-state index is 10.4. The number of methoxy groups -OCH3 is 1. The first-order valence-electron chi connectivity index (χ1n) is 6.56. The van der Waals surface area contributed by atoms with Crippen LogP contribution in [0.4, 0.5) is 0 Å². The highest BCUT2D eigenvalue weighted by Gasteiger charge is 2.31. The fourth-order valence-electron chi connectivity index (χ4n) is 2.60. The summed E-state index contributed by atoms with van der Waals surface area (Å²) in [6, 6.07) is 11.1. The topological polar surface area (TPSA) is 38.7 Å². The minimum atomic E-state index is -0.600. The van der Waals surface area contributed by atoms with Crippen molar-refractivity contribution in [1.82, 2.24) is 0 Å². The third-order valence-corrected chi connectivity index (χ3v) is 4.42. The molecule has 0 saturated heterocycles. The summed E-state index contributed by atoms with van der Waals surface area (Å²) in [7, 11) is 1.60. The summed E-state index contributed by atoms with van der Waals surface area (Å²) >= 11 is 9.70. The van der Waals surface area contributed by atoms with E-state index in [0.29, 0.717) is 22.9 Å². The third-order valence-electron chi connectivity index (χ3n) is 3.59. The van der Waals surface area contributed by atoms with Gasteiger partial charge < -0.3 is 14.6 Å². The van der Waals surface area contributed by atoms with E-state index in [1.54, 1.807) is 13.2 Å². The number of rotatable bonds is 2. The summed E-state index contributed by atoms with van der Waals surface area (Å²) < 4.78 is 12.3. The van der Waals surface area contributed by atoms with E-state index in [2.05, 4.69) is 15.9 Å². The van der Waals surface area contributed by atoms with Gasteiger partial charge in [-0.05, 0) is 30.3 Å². The number of aliphatic hydroxyl groups is 1. The van der Waals surface area contributed by atoms with Crippen LogP contribution in [0.15, 0.2) is 40.9 Å². The molecule has 3 rings (SSSR count). The van der Waals surface area contributed by atoms with Crippen LogP contribution in [0.3, 0.4) is 0 Å². The molecule has 1 N–H and O–H groups in total. The summed E-state index contributed by atoms with van der Waals surface area (Å²) in [5, 5.41) is 11.0. The Morgan fingerprint density at radius 1 is 1.33 bits per heavy atom. The van der Waals surface area contributed by atoms with E-state index in [1.807, 2.05) is 30.3 Å². The second-order valence-corrected chi connectivity index (χ2v) is 6.22. The molecule has 0 radical (unpaired) electrons. The lowest BCUT2D eigenvalue weighted by molar-refractivity contribution is 0.0645. The lowest BCUT2D eigenvalue weighted by Gasteiger charge is -2.31. The zero-order chi connectivity index (χ0) is 15.0. The van der Waals surface area contributed by atoms with Crippen LogP contribution in [0.25, 0.3) is 0 Å². The zero-order valence-corrected chi connectivity index (χ0v) is 13.7. The Kier molecular flexibility index (Phi) is 4.11. The first-order chi connectivity index (χ1) is 10.1. The van der Waals surface area contributed by atoms with Crippen molar-refractivity contribution in [3.8, 4) is 11.5 Å². The number of fused-ring (bicyclic) bond motifs is 1. The summed E-state index contributed by atoms with van der Waals surface area (Å²) in [5.41, 5.74) is 1.56. The summed E-state index contributed by atoms with van der Waals surface area (Å²) in [5.74, 6) is 1.34. The SMILES string of the molecule is COc1cccc(Cl)c1C1C[C@H](O)c2cc(Br)ccc2O1. The maximum absolute atomic E-state index is 10.4. The summed E-state index contributed by atoms with van der Waals surface area (Å²) in [4.78, 5) is 0. The molecule has 2 aromatic carbocycles. The Balaban J connectivity index is 2.02. The van der Waals surface area contributed by atoms with Crippen LogP contribution in [0.5, 0.6) is 11.5 Å². The molecular weight excluding hydrogens is 356 g/mol. The molecule has 0 saturated carbocycles. The van der Waals surface area contributed by atoms with E-state index >= 15 is 0 Å². The number of benzene rings is 2. The van der Waals surface area contributed by atoms with Gasteiger partial charge in [0.05, 0.1) is 23.8 Å². The van der Waals surface area contributed by atoms with E-state index in [4.69, 9.17) is 21.1 Å². The number of hydrogen-bond donors (Lipinski definition) is 1. The van der Waals surface area contributed by atoms with Gasteiger partial charge in [-0.3, -0.25) is 0 Å². The van der Waals surface area contributed by atoms with Crippen molar-refractivity contribution in [2.45, 2.75) is 18.6 Å². The van der Waals surface area contributed by atoms with E-state index in [1.165, 1.54) is 0 Å². The predicted octanol–water partition coefficient (Wildman–Crippen LogP) is 4.67.